The lowest BCUT2D eigenvalue weighted by Gasteiger charge is -2.44. The predicted molar refractivity (Wildman–Crippen MR) is 74.9 cm³/mol. The van der Waals surface area contributed by atoms with Crippen molar-refractivity contribution in [2.24, 2.45) is 0 Å². The monoisotopic (exact) mass is 410 g/mol. The van der Waals surface area contributed by atoms with Gasteiger partial charge in [0.1, 0.15) is 37.6 Å². The van der Waals surface area contributed by atoms with E-state index < -0.39 is 64.4 Å². The molecule has 0 N–H and O–H groups in total. The summed E-state index contributed by atoms with van der Waals surface area (Å²) < 4.78 is 66.0. The molecule has 2 aliphatic heterocycles. The van der Waals surface area contributed by atoms with E-state index in [1.54, 1.807) is 0 Å². The molecular formula is C10H14ClFO10P2. The Morgan fingerprint density at radius 2 is 1.42 bits per heavy atom. The third-order valence-corrected chi connectivity index (χ3v) is 5.49. The van der Waals surface area contributed by atoms with Crippen LogP contribution in [-0.4, -0.2) is 49.6 Å². The maximum Gasteiger partial charge on any atom is 0.514 e. The Hall–Kier alpha value is -0.540. The second-order valence-corrected chi connectivity index (χ2v) is 8.70. The van der Waals surface area contributed by atoms with Gasteiger partial charge in [-0.25, -0.2) is 9.13 Å². The Kier molecular flexibility index (Phi) is 6.08. The zero-order chi connectivity index (χ0) is 18.1. The van der Waals surface area contributed by atoms with Crippen molar-refractivity contribution in [3.63, 3.8) is 0 Å². The molecule has 0 radical (unpaired) electrons. The van der Waals surface area contributed by atoms with Gasteiger partial charge in [-0.2, -0.15) is 0 Å². The van der Waals surface area contributed by atoms with Crippen molar-refractivity contribution >= 4 is 38.0 Å². The van der Waals surface area contributed by atoms with Crippen molar-refractivity contribution in [1.82, 2.24) is 0 Å². The summed E-state index contributed by atoms with van der Waals surface area (Å²) in [6.07, 6.45) is -5.50. The van der Waals surface area contributed by atoms with E-state index >= 15 is 0 Å². The summed E-state index contributed by atoms with van der Waals surface area (Å²) in [6.45, 7) is -3.01. The summed E-state index contributed by atoms with van der Waals surface area (Å²) in [4.78, 5) is 21.8. The van der Waals surface area contributed by atoms with Crippen LogP contribution >= 0.6 is 26.1 Å². The van der Waals surface area contributed by atoms with Crippen LogP contribution in [0.15, 0.2) is 0 Å². The summed E-state index contributed by atoms with van der Waals surface area (Å²) >= 11 is 5.59. The summed E-state index contributed by atoms with van der Waals surface area (Å²) in [5.74, 6) is -1.41. The minimum absolute atomic E-state index is 0.503. The number of fused-ring (bicyclic) bond motifs is 1. The molecule has 0 aliphatic carbocycles. The molecule has 2 saturated heterocycles. The molecule has 138 valence electrons. The Bertz CT molecular complexity index is 562. The van der Waals surface area contributed by atoms with Gasteiger partial charge in [0.15, 0.2) is 0 Å². The molecule has 14 heteroatoms. The molecule has 0 aromatic carbocycles. The second kappa shape index (κ2) is 7.37. The summed E-state index contributed by atoms with van der Waals surface area (Å²) in [5.41, 5.74) is 0. The summed E-state index contributed by atoms with van der Waals surface area (Å²) in [5, 5.41) is 0. The minimum atomic E-state index is -5.04. The number of rotatable bonds is 4. The number of halogens is 2. The first-order valence-corrected chi connectivity index (χ1v) is 10.5. The average molecular weight is 411 g/mol. The molecule has 2 rings (SSSR count). The van der Waals surface area contributed by atoms with E-state index in [-0.39, 0.29) is 0 Å². The van der Waals surface area contributed by atoms with Crippen LogP contribution in [0.25, 0.3) is 0 Å². The molecule has 2 aliphatic rings. The second-order valence-electron chi connectivity index (χ2n) is 4.89. The lowest BCUT2D eigenvalue weighted by molar-refractivity contribution is -0.175. The van der Waals surface area contributed by atoms with Crippen molar-refractivity contribution in [1.29, 1.82) is 0 Å². The lowest BCUT2D eigenvalue weighted by Crippen LogP contribution is -2.56. The fraction of sp³-hybridized carbons (Fsp3) is 0.800. The molecule has 10 nitrogen and oxygen atoms in total. The number of ether oxygens (including phenoxy) is 2. The fourth-order valence-electron chi connectivity index (χ4n) is 2.11. The molecule has 2 heterocycles. The zero-order valence-corrected chi connectivity index (χ0v) is 15.0. The Balaban J connectivity index is 2.24. The van der Waals surface area contributed by atoms with Crippen LogP contribution in [0.5, 0.6) is 0 Å². The third-order valence-electron chi connectivity index (χ3n) is 2.98. The van der Waals surface area contributed by atoms with Gasteiger partial charge in [0.05, 0.1) is 0 Å². The lowest BCUT2D eigenvalue weighted by atomic mass is 10.0. The van der Waals surface area contributed by atoms with Crippen molar-refractivity contribution in [3.8, 4) is 0 Å². The highest BCUT2D eigenvalue weighted by Gasteiger charge is 2.57. The van der Waals surface area contributed by atoms with E-state index in [0.29, 0.717) is 0 Å². The van der Waals surface area contributed by atoms with E-state index in [1.165, 1.54) is 0 Å². The molecule has 6 atom stereocenters. The van der Waals surface area contributed by atoms with Crippen LogP contribution in [0.3, 0.4) is 0 Å². The van der Waals surface area contributed by atoms with Crippen LogP contribution < -0.4 is 0 Å². The first-order valence-electron chi connectivity index (χ1n) is 6.59. The Morgan fingerprint density at radius 1 is 0.958 bits per heavy atom. The van der Waals surface area contributed by atoms with Gasteiger partial charge in [-0.15, -0.1) is 4.20 Å². The maximum atomic E-state index is 13.8. The smallest absolute Gasteiger partial charge is 0.463 e. The van der Waals surface area contributed by atoms with Crippen LogP contribution in [0, 0.1) is 0 Å². The van der Waals surface area contributed by atoms with Crippen LogP contribution in [0.2, 0.25) is 0 Å². The number of carbonyl (C=O) groups excluding carboxylic acids is 2. The van der Waals surface area contributed by atoms with Gasteiger partial charge in [-0.05, 0) is 0 Å². The standard InChI is InChI=1S/C10H14ClFO10P2/c1-5(13)17-3-7-10-9(21-23(11,15)19-7)8(4-18-6(2)14)20-24(12,16)22-10/h7-10H,3-4H2,1-2H3. The fourth-order valence-corrected chi connectivity index (χ4v) is 4.90. The molecule has 0 amide bonds. The SMILES string of the molecule is CC(=O)OCC1OP(=O)(Cl)OC2C(COC(C)=O)OP(=O)(F)OC12. The number of esters is 2. The molecule has 0 saturated carbocycles. The highest BCUT2D eigenvalue weighted by molar-refractivity contribution is 7.81. The average Bonchev–Trinajstić information content (AvgIpc) is 2.41. The van der Waals surface area contributed by atoms with Gasteiger partial charge < -0.3 is 9.47 Å². The maximum absolute atomic E-state index is 13.8. The van der Waals surface area contributed by atoms with Gasteiger partial charge in [-0.3, -0.25) is 27.7 Å². The van der Waals surface area contributed by atoms with Gasteiger partial charge in [0, 0.05) is 25.1 Å². The molecule has 0 aromatic rings. The summed E-state index contributed by atoms with van der Waals surface area (Å²) in [6, 6.07) is 0. The number of hydrogen-bond donors (Lipinski definition) is 0. The van der Waals surface area contributed by atoms with Crippen molar-refractivity contribution < 1.29 is 50.5 Å². The topological polar surface area (TPSA) is 124 Å². The molecule has 0 aromatic heterocycles. The largest absolute Gasteiger partial charge is 0.514 e. The van der Waals surface area contributed by atoms with Crippen LogP contribution in [0.4, 0.5) is 4.20 Å². The molecule has 24 heavy (non-hydrogen) atoms. The van der Waals surface area contributed by atoms with Gasteiger partial charge in [-0.1, -0.05) is 0 Å². The van der Waals surface area contributed by atoms with Crippen molar-refractivity contribution in [2.45, 2.75) is 38.3 Å². The summed E-state index contributed by atoms with van der Waals surface area (Å²) in [7, 11) is -5.04. The molecule has 0 bridgehead atoms. The minimum Gasteiger partial charge on any atom is -0.463 e. The molecule has 2 fully saturated rings. The van der Waals surface area contributed by atoms with E-state index in [0.717, 1.165) is 13.8 Å². The molecule has 6 unspecified atom stereocenters. The predicted octanol–water partition coefficient (Wildman–Crippen LogP) is 2.11. The van der Waals surface area contributed by atoms with E-state index in [2.05, 4.69) is 13.8 Å². The van der Waals surface area contributed by atoms with E-state index in [9.17, 15) is 22.9 Å². The first-order chi connectivity index (χ1) is 11.0. The third kappa shape index (κ3) is 5.23. The van der Waals surface area contributed by atoms with Crippen LogP contribution in [-0.2, 0) is 46.3 Å². The van der Waals surface area contributed by atoms with Gasteiger partial charge >= 0.3 is 26.8 Å². The quantitative estimate of drug-likeness (QED) is 0.502. The normalized spacial score (nSPS) is 42.0. The van der Waals surface area contributed by atoms with E-state index in [1.807, 2.05) is 0 Å². The van der Waals surface area contributed by atoms with Crippen LogP contribution in [0.1, 0.15) is 13.8 Å². The highest BCUT2D eigenvalue weighted by atomic mass is 35.7. The van der Waals surface area contributed by atoms with Crippen molar-refractivity contribution in [2.75, 3.05) is 13.2 Å². The first kappa shape index (κ1) is 19.8. The van der Waals surface area contributed by atoms with Crippen molar-refractivity contribution in [3.05, 3.63) is 0 Å². The van der Waals surface area contributed by atoms with Gasteiger partial charge in [0.25, 0.3) is 0 Å². The Labute approximate surface area is 140 Å². The number of carbonyl (C=O) groups is 2. The number of hydrogen-bond acceptors (Lipinski definition) is 10. The molecule has 0 spiro atoms. The van der Waals surface area contributed by atoms with Gasteiger partial charge in [0.2, 0.25) is 0 Å². The van der Waals surface area contributed by atoms with E-state index in [4.69, 9.17) is 25.0 Å². The zero-order valence-electron chi connectivity index (χ0n) is 12.5. The Morgan fingerprint density at radius 3 is 1.92 bits per heavy atom. The highest BCUT2D eigenvalue weighted by Crippen LogP contribution is 2.65. The molecular weight excluding hydrogens is 396 g/mol.